The number of nitrogens with zero attached hydrogens (tertiary/aromatic N) is 1. The highest BCUT2D eigenvalue weighted by atomic mass is 16.6. The molecule has 1 aliphatic carbocycles. The van der Waals surface area contributed by atoms with Gasteiger partial charge in [-0.05, 0) is 57.8 Å². The summed E-state index contributed by atoms with van der Waals surface area (Å²) in [5.41, 5.74) is 0.159. The van der Waals surface area contributed by atoms with E-state index in [9.17, 15) is 4.79 Å². The Morgan fingerprint density at radius 2 is 1.83 bits per heavy atom. The first-order chi connectivity index (χ1) is 8.30. The zero-order valence-corrected chi connectivity index (χ0v) is 12.3. The van der Waals surface area contributed by atoms with Crippen LogP contribution in [0.1, 0.15) is 59.8 Å². The Morgan fingerprint density at radius 3 is 2.28 bits per heavy atom. The van der Waals surface area contributed by atoms with Gasteiger partial charge >= 0.3 is 6.09 Å². The molecule has 3 nitrogen and oxygen atoms in total. The van der Waals surface area contributed by atoms with Gasteiger partial charge in [-0.2, -0.15) is 0 Å². The van der Waals surface area contributed by atoms with Crippen molar-refractivity contribution in [3.05, 3.63) is 0 Å². The zero-order chi connectivity index (χ0) is 13.4. The smallest absolute Gasteiger partial charge is 0.410 e. The van der Waals surface area contributed by atoms with Crippen molar-refractivity contribution in [2.24, 2.45) is 11.3 Å². The average Bonchev–Trinajstić information content (AvgIpc) is 2.58. The molecule has 104 valence electrons. The van der Waals surface area contributed by atoms with Crippen molar-refractivity contribution in [2.45, 2.75) is 65.4 Å². The third kappa shape index (κ3) is 3.18. The van der Waals surface area contributed by atoms with Crippen molar-refractivity contribution in [3.8, 4) is 0 Å². The molecule has 1 saturated carbocycles. The first kappa shape index (κ1) is 13.7. The number of hydrogen-bond donors (Lipinski definition) is 0. The van der Waals surface area contributed by atoms with E-state index in [1.54, 1.807) is 0 Å². The lowest BCUT2D eigenvalue weighted by Gasteiger charge is -2.39. The molecule has 0 unspecified atom stereocenters. The van der Waals surface area contributed by atoms with Crippen molar-refractivity contribution in [3.63, 3.8) is 0 Å². The molecule has 0 N–H and O–H groups in total. The summed E-state index contributed by atoms with van der Waals surface area (Å²) in [6.45, 7) is 9.89. The summed E-state index contributed by atoms with van der Waals surface area (Å²) in [7, 11) is 0. The number of piperidine rings is 1. The molecule has 1 saturated heterocycles. The molecule has 1 heterocycles. The molecule has 1 amide bonds. The van der Waals surface area contributed by atoms with E-state index >= 15 is 0 Å². The van der Waals surface area contributed by atoms with Crippen LogP contribution in [0.25, 0.3) is 0 Å². The fourth-order valence-electron chi connectivity index (χ4n) is 3.44. The lowest BCUT2D eigenvalue weighted by atomic mass is 9.76. The molecule has 18 heavy (non-hydrogen) atoms. The fraction of sp³-hybridized carbons (Fsp3) is 0.933. The normalized spacial score (nSPS) is 27.6. The van der Waals surface area contributed by atoms with Gasteiger partial charge in [0.2, 0.25) is 0 Å². The van der Waals surface area contributed by atoms with E-state index in [0.29, 0.717) is 5.41 Å². The van der Waals surface area contributed by atoms with Crippen LogP contribution in [0.4, 0.5) is 4.79 Å². The molecule has 0 aromatic carbocycles. The molecule has 0 bridgehead atoms. The van der Waals surface area contributed by atoms with Crippen molar-refractivity contribution in [1.29, 1.82) is 0 Å². The van der Waals surface area contributed by atoms with E-state index < -0.39 is 0 Å². The highest BCUT2D eigenvalue weighted by molar-refractivity contribution is 5.68. The van der Waals surface area contributed by atoms with Crippen LogP contribution in [-0.2, 0) is 4.74 Å². The Bertz CT molecular complexity index is 311. The highest BCUT2D eigenvalue weighted by Gasteiger charge is 2.41. The van der Waals surface area contributed by atoms with Gasteiger partial charge in [-0.15, -0.1) is 0 Å². The van der Waals surface area contributed by atoms with Gasteiger partial charge in [0.1, 0.15) is 5.60 Å². The van der Waals surface area contributed by atoms with Crippen LogP contribution in [0, 0.1) is 11.3 Å². The number of amides is 1. The zero-order valence-electron chi connectivity index (χ0n) is 12.3. The van der Waals surface area contributed by atoms with Crippen molar-refractivity contribution >= 4 is 6.09 Å². The first-order valence-electron chi connectivity index (χ1n) is 7.28. The second kappa shape index (κ2) is 4.75. The topological polar surface area (TPSA) is 29.5 Å². The maximum Gasteiger partial charge on any atom is 0.410 e. The quantitative estimate of drug-likeness (QED) is 0.656. The molecule has 0 aromatic rings. The van der Waals surface area contributed by atoms with Gasteiger partial charge in [0.15, 0.2) is 0 Å². The lowest BCUT2D eigenvalue weighted by Crippen LogP contribution is -2.44. The molecule has 0 aromatic heterocycles. The Labute approximate surface area is 111 Å². The van der Waals surface area contributed by atoms with Crippen LogP contribution >= 0.6 is 0 Å². The number of likely N-dealkylation sites (tertiary alicyclic amines) is 1. The minimum Gasteiger partial charge on any atom is -0.444 e. The predicted molar refractivity (Wildman–Crippen MR) is 72.5 cm³/mol. The summed E-state index contributed by atoms with van der Waals surface area (Å²) in [6, 6.07) is 0. The largest absolute Gasteiger partial charge is 0.444 e. The predicted octanol–water partition coefficient (Wildman–Crippen LogP) is 3.82. The summed E-state index contributed by atoms with van der Waals surface area (Å²) in [5.74, 6) is 0.873. The Kier molecular flexibility index (Phi) is 3.61. The molecule has 2 rings (SSSR count). The van der Waals surface area contributed by atoms with Gasteiger partial charge in [-0.1, -0.05) is 13.3 Å². The number of ether oxygens (including phenoxy) is 1. The molecule has 1 aliphatic heterocycles. The Hall–Kier alpha value is -0.730. The van der Waals surface area contributed by atoms with E-state index in [4.69, 9.17) is 4.74 Å². The van der Waals surface area contributed by atoms with E-state index in [1.165, 1.54) is 19.3 Å². The van der Waals surface area contributed by atoms with Gasteiger partial charge in [-0.25, -0.2) is 4.79 Å². The number of rotatable bonds is 0. The molecule has 2 aliphatic rings. The monoisotopic (exact) mass is 253 g/mol. The highest BCUT2D eigenvalue weighted by Crippen LogP contribution is 2.48. The van der Waals surface area contributed by atoms with Gasteiger partial charge in [-0.3, -0.25) is 0 Å². The van der Waals surface area contributed by atoms with Crippen LogP contribution in [0.15, 0.2) is 0 Å². The molecule has 0 radical (unpaired) electrons. The summed E-state index contributed by atoms with van der Waals surface area (Å²) in [4.78, 5) is 13.9. The SMILES string of the molecule is C[C@H]1CCC2(CCN(C(=O)OC(C)(C)C)CC2)C1. The van der Waals surface area contributed by atoms with Crippen molar-refractivity contribution in [2.75, 3.05) is 13.1 Å². The molecule has 3 heteroatoms. The van der Waals surface area contributed by atoms with E-state index in [-0.39, 0.29) is 11.7 Å². The van der Waals surface area contributed by atoms with Gasteiger partial charge < -0.3 is 9.64 Å². The summed E-state index contributed by atoms with van der Waals surface area (Å²) < 4.78 is 5.44. The van der Waals surface area contributed by atoms with Crippen LogP contribution < -0.4 is 0 Å². The standard InChI is InChI=1S/C15H27NO2/c1-12-5-6-15(11-12)7-9-16(10-8-15)13(17)18-14(2,3)4/h12H,5-11H2,1-4H3/t12-/m0/s1. The van der Waals surface area contributed by atoms with Crippen LogP contribution in [0.2, 0.25) is 0 Å². The second-order valence-electron chi connectivity index (χ2n) is 7.32. The number of hydrogen-bond acceptors (Lipinski definition) is 2. The minimum atomic E-state index is -0.381. The van der Waals surface area contributed by atoms with E-state index in [1.807, 2.05) is 25.7 Å². The third-order valence-corrected chi connectivity index (χ3v) is 4.42. The fourth-order valence-corrected chi connectivity index (χ4v) is 3.44. The van der Waals surface area contributed by atoms with Crippen LogP contribution in [0.5, 0.6) is 0 Å². The molecule has 1 atom stereocenters. The van der Waals surface area contributed by atoms with Gasteiger partial charge in [0, 0.05) is 13.1 Å². The first-order valence-corrected chi connectivity index (χ1v) is 7.28. The molecular formula is C15H27NO2. The average molecular weight is 253 g/mol. The van der Waals surface area contributed by atoms with Gasteiger partial charge in [0.25, 0.3) is 0 Å². The van der Waals surface area contributed by atoms with E-state index in [0.717, 1.165) is 31.8 Å². The molecule has 2 fully saturated rings. The van der Waals surface area contributed by atoms with Crippen LogP contribution in [-0.4, -0.2) is 29.7 Å². The number of carbonyl (C=O) groups is 1. The Balaban J connectivity index is 1.85. The third-order valence-electron chi connectivity index (χ3n) is 4.42. The molecule has 1 spiro atoms. The van der Waals surface area contributed by atoms with Crippen molar-refractivity contribution < 1.29 is 9.53 Å². The number of carbonyl (C=O) groups excluding carboxylic acids is 1. The maximum absolute atomic E-state index is 12.0. The Morgan fingerprint density at radius 1 is 1.22 bits per heavy atom. The summed E-state index contributed by atoms with van der Waals surface area (Å²) in [6.07, 6.45) is 6.27. The lowest BCUT2D eigenvalue weighted by molar-refractivity contribution is 0.0103. The van der Waals surface area contributed by atoms with Crippen LogP contribution in [0.3, 0.4) is 0 Å². The maximum atomic E-state index is 12.0. The van der Waals surface area contributed by atoms with Gasteiger partial charge in [0.05, 0.1) is 0 Å². The second-order valence-corrected chi connectivity index (χ2v) is 7.32. The summed E-state index contributed by atoms with van der Waals surface area (Å²) >= 11 is 0. The molecular weight excluding hydrogens is 226 g/mol. The minimum absolute atomic E-state index is 0.136. The van der Waals surface area contributed by atoms with Crippen molar-refractivity contribution in [1.82, 2.24) is 4.90 Å². The summed E-state index contributed by atoms with van der Waals surface area (Å²) in [5, 5.41) is 0. The van der Waals surface area contributed by atoms with E-state index in [2.05, 4.69) is 6.92 Å².